The molecule has 1 aliphatic rings. The summed E-state index contributed by atoms with van der Waals surface area (Å²) in [5.74, 6) is 1.44. The van der Waals surface area contributed by atoms with Crippen LogP contribution in [0.4, 0.5) is 5.69 Å². The number of rotatable bonds is 3. The highest BCUT2D eigenvalue weighted by molar-refractivity contribution is 5.96. The van der Waals surface area contributed by atoms with Crippen LogP contribution < -0.4 is 14.4 Å². The lowest BCUT2D eigenvalue weighted by molar-refractivity contribution is -0.120. The molecule has 0 saturated heterocycles. The average Bonchev–Trinajstić information content (AvgIpc) is 2.55. The van der Waals surface area contributed by atoms with Gasteiger partial charge in [-0.25, -0.2) is 0 Å². The number of ether oxygens (including phenoxy) is 2. The first-order chi connectivity index (χ1) is 10.6. The quantitative estimate of drug-likeness (QED) is 0.874. The number of hydrogen-bond donors (Lipinski definition) is 0. The summed E-state index contributed by atoms with van der Waals surface area (Å²) in [5, 5.41) is 0. The van der Waals surface area contributed by atoms with E-state index in [4.69, 9.17) is 9.47 Å². The van der Waals surface area contributed by atoms with E-state index in [1.165, 1.54) is 0 Å². The molecule has 0 unspecified atom stereocenters. The zero-order valence-corrected chi connectivity index (χ0v) is 12.8. The van der Waals surface area contributed by atoms with Gasteiger partial charge >= 0.3 is 0 Å². The lowest BCUT2D eigenvalue weighted by atomic mass is 10.1. The Kier molecular flexibility index (Phi) is 4.00. The van der Waals surface area contributed by atoms with Crippen LogP contribution in [-0.4, -0.2) is 25.7 Å². The van der Waals surface area contributed by atoms with Gasteiger partial charge in [0.05, 0.1) is 12.2 Å². The summed E-state index contributed by atoms with van der Waals surface area (Å²) in [6.07, 6.45) is 0. The summed E-state index contributed by atoms with van der Waals surface area (Å²) in [5.41, 5.74) is 2.95. The van der Waals surface area contributed by atoms with Gasteiger partial charge in [0.2, 0.25) is 0 Å². The van der Waals surface area contributed by atoms with Gasteiger partial charge in [0.15, 0.2) is 6.61 Å². The van der Waals surface area contributed by atoms with Crippen molar-refractivity contribution < 1.29 is 14.3 Å². The number of benzene rings is 2. The van der Waals surface area contributed by atoms with Gasteiger partial charge in [0.1, 0.15) is 18.1 Å². The van der Waals surface area contributed by atoms with Gasteiger partial charge in [0.25, 0.3) is 5.91 Å². The highest BCUT2D eigenvalue weighted by atomic mass is 16.5. The fourth-order valence-electron chi connectivity index (χ4n) is 2.51. The minimum atomic E-state index is -0.0587. The maximum Gasteiger partial charge on any atom is 0.265 e. The Labute approximate surface area is 130 Å². The van der Waals surface area contributed by atoms with Crippen LogP contribution in [0.15, 0.2) is 42.5 Å². The first-order valence-electron chi connectivity index (χ1n) is 7.37. The second-order valence-electron chi connectivity index (χ2n) is 5.42. The summed E-state index contributed by atoms with van der Waals surface area (Å²) in [6.45, 7) is 5.06. The van der Waals surface area contributed by atoms with Crippen LogP contribution in [0.2, 0.25) is 0 Å². The largest absolute Gasteiger partial charge is 0.490 e. The van der Waals surface area contributed by atoms with Crippen LogP contribution in [-0.2, 0) is 4.79 Å². The molecule has 2 aromatic rings. The van der Waals surface area contributed by atoms with Gasteiger partial charge < -0.3 is 14.4 Å². The number of aryl methyl sites for hydroxylation is 2. The molecular formula is C18H19NO3. The minimum absolute atomic E-state index is 0.0264. The number of carbonyl (C=O) groups is 1. The highest BCUT2D eigenvalue weighted by Crippen LogP contribution is 2.31. The van der Waals surface area contributed by atoms with Crippen LogP contribution >= 0.6 is 0 Å². The predicted octanol–water partition coefficient (Wildman–Crippen LogP) is 3.11. The van der Waals surface area contributed by atoms with E-state index in [-0.39, 0.29) is 12.5 Å². The van der Waals surface area contributed by atoms with E-state index < -0.39 is 0 Å². The van der Waals surface area contributed by atoms with Crippen molar-refractivity contribution in [2.24, 2.45) is 0 Å². The molecule has 0 saturated carbocycles. The summed E-state index contributed by atoms with van der Waals surface area (Å²) in [4.78, 5) is 14.2. The predicted molar refractivity (Wildman–Crippen MR) is 85.7 cm³/mol. The molecule has 1 heterocycles. The molecule has 0 bridgehead atoms. The van der Waals surface area contributed by atoms with Gasteiger partial charge in [-0.15, -0.1) is 0 Å². The van der Waals surface area contributed by atoms with Crippen molar-refractivity contribution in [1.82, 2.24) is 0 Å². The summed E-state index contributed by atoms with van der Waals surface area (Å²) >= 11 is 0. The van der Waals surface area contributed by atoms with Crippen molar-refractivity contribution in [2.75, 3.05) is 24.7 Å². The van der Waals surface area contributed by atoms with Crippen molar-refractivity contribution in [3.05, 3.63) is 53.6 Å². The van der Waals surface area contributed by atoms with Crippen LogP contribution in [0.1, 0.15) is 11.1 Å². The van der Waals surface area contributed by atoms with Gasteiger partial charge in [-0.1, -0.05) is 24.3 Å². The lowest BCUT2D eigenvalue weighted by Crippen LogP contribution is -2.40. The van der Waals surface area contributed by atoms with Crippen molar-refractivity contribution in [2.45, 2.75) is 13.8 Å². The summed E-state index contributed by atoms with van der Waals surface area (Å²) in [6, 6.07) is 13.6. The Hall–Kier alpha value is -2.49. The van der Waals surface area contributed by atoms with E-state index in [2.05, 4.69) is 0 Å². The molecule has 114 valence electrons. The van der Waals surface area contributed by atoms with Crippen molar-refractivity contribution in [3.63, 3.8) is 0 Å². The molecule has 3 rings (SSSR count). The van der Waals surface area contributed by atoms with E-state index in [1.807, 2.05) is 56.3 Å². The molecule has 0 N–H and O–H groups in total. The van der Waals surface area contributed by atoms with Crippen LogP contribution in [0.25, 0.3) is 0 Å². The molecule has 22 heavy (non-hydrogen) atoms. The van der Waals surface area contributed by atoms with E-state index in [1.54, 1.807) is 4.90 Å². The first-order valence-corrected chi connectivity index (χ1v) is 7.37. The van der Waals surface area contributed by atoms with Crippen LogP contribution in [0.3, 0.4) is 0 Å². The topological polar surface area (TPSA) is 38.8 Å². The van der Waals surface area contributed by atoms with E-state index in [0.29, 0.717) is 13.2 Å². The molecule has 4 heteroatoms. The fourth-order valence-corrected chi connectivity index (χ4v) is 2.51. The van der Waals surface area contributed by atoms with Gasteiger partial charge in [0, 0.05) is 0 Å². The minimum Gasteiger partial charge on any atom is -0.490 e. The number of anilines is 1. The van der Waals surface area contributed by atoms with E-state index in [0.717, 1.165) is 28.3 Å². The Balaban J connectivity index is 1.72. The summed E-state index contributed by atoms with van der Waals surface area (Å²) < 4.78 is 11.3. The number of fused-ring (bicyclic) bond motifs is 1. The van der Waals surface area contributed by atoms with Gasteiger partial charge in [-0.2, -0.15) is 0 Å². The van der Waals surface area contributed by atoms with Crippen molar-refractivity contribution in [3.8, 4) is 11.5 Å². The Morgan fingerprint density at radius 3 is 2.91 bits per heavy atom. The molecule has 2 aromatic carbocycles. The SMILES string of the molecule is Cc1ccc(C)c(OCC(=O)N2CCOc3ccccc32)c1. The van der Waals surface area contributed by atoms with E-state index in [9.17, 15) is 4.79 Å². The lowest BCUT2D eigenvalue weighted by Gasteiger charge is -2.29. The molecule has 0 aliphatic carbocycles. The fraction of sp³-hybridized carbons (Fsp3) is 0.278. The van der Waals surface area contributed by atoms with Gasteiger partial charge in [-0.05, 0) is 43.2 Å². The molecule has 0 spiro atoms. The zero-order valence-electron chi connectivity index (χ0n) is 12.8. The molecule has 0 aromatic heterocycles. The maximum absolute atomic E-state index is 12.5. The monoisotopic (exact) mass is 297 g/mol. The van der Waals surface area contributed by atoms with Crippen molar-refractivity contribution >= 4 is 11.6 Å². The van der Waals surface area contributed by atoms with E-state index >= 15 is 0 Å². The number of hydrogen-bond acceptors (Lipinski definition) is 3. The molecule has 1 amide bonds. The average molecular weight is 297 g/mol. The second kappa shape index (κ2) is 6.10. The van der Waals surface area contributed by atoms with Crippen LogP contribution in [0, 0.1) is 13.8 Å². The van der Waals surface area contributed by atoms with Crippen molar-refractivity contribution in [1.29, 1.82) is 0 Å². The number of nitrogens with zero attached hydrogens (tertiary/aromatic N) is 1. The molecule has 4 nitrogen and oxygen atoms in total. The zero-order chi connectivity index (χ0) is 15.5. The third kappa shape index (κ3) is 2.91. The molecule has 0 fully saturated rings. The molecular weight excluding hydrogens is 278 g/mol. The number of carbonyl (C=O) groups excluding carboxylic acids is 1. The third-order valence-corrected chi connectivity index (χ3v) is 3.72. The third-order valence-electron chi connectivity index (χ3n) is 3.72. The first kappa shape index (κ1) is 14.4. The Morgan fingerprint density at radius 1 is 1.23 bits per heavy atom. The summed E-state index contributed by atoms with van der Waals surface area (Å²) in [7, 11) is 0. The molecule has 1 aliphatic heterocycles. The highest BCUT2D eigenvalue weighted by Gasteiger charge is 2.23. The number of amides is 1. The Morgan fingerprint density at radius 2 is 2.05 bits per heavy atom. The second-order valence-corrected chi connectivity index (χ2v) is 5.42. The standard InChI is InChI=1S/C18H19NO3/c1-13-7-8-14(2)17(11-13)22-12-18(20)19-9-10-21-16-6-4-3-5-15(16)19/h3-8,11H,9-10,12H2,1-2H3. The number of para-hydroxylation sites is 2. The maximum atomic E-state index is 12.5. The molecule has 0 radical (unpaired) electrons. The smallest absolute Gasteiger partial charge is 0.265 e. The Bertz CT molecular complexity index is 696. The van der Waals surface area contributed by atoms with Crippen LogP contribution in [0.5, 0.6) is 11.5 Å². The van der Waals surface area contributed by atoms with Gasteiger partial charge in [-0.3, -0.25) is 4.79 Å². The normalized spacial score (nSPS) is 13.3. The molecule has 0 atom stereocenters.